The van der Waals surface area contributed by atoms with Crippen LogP contribution in [0.4, 0.5) is 5.69 Å². The van der Waals surface area contributed by atoms with Gasteiger partial charge in [0.1, 0.15) is 6.04 Å². The van der Waals surface area contributed by atoms with Crippen molar-refractivity contribution in [1.29, 1.82) is 0 Å². The Hall–Kier alpha value is -1.93. The highest BCUT2D eigenvalue weighted by atomic mass is 127. The lowest BCUT2D eigenvalue weighted by molar-refractivity contribution is -0.140. The van der Waals surface area contributed by atoms with E-state index in [4.69, 9.17) is 11.6 Å². The minimum Gasteiger partial charge on any atom is -0.326 e. The fraction of sp³-hybridized carbons (Fsp3) is 0.348. The first-order chi connectivity index (χ1) is 14.1. The van der Waals surface area contributed by atoms with Crippen LogP contribution in [-0.4, -0.2) is 28.7 Å². The summed E-state index contributed by atoms with van der Waals surface area (Å²) in [6.45, 7) is 6.09. The number of carbonyl (C=O) groups is 3. The second kappa shape index (κ2) is 9.06. The Bertz CT molecular complexity index is 969. The molecule has 7 heteroatoms. The van der Waals surface area contributed by atoms with Gasteiger partial charge in [-0.15, -0.1) is 0 Å². The molecular formula is C23H24ClIN2O3. The predicted molar refractivity (Wildman–Crippen MR) is 126 cm³/mol. The van der Waals surface area contributed by atoms with Gasteiger partial charge in [-0.2, -0.15) is 0 Å². The maximum absolute atomic E-state index is 13.3. The highest BCUT2D eigenvalue weighted by Crippen LogP contribution is 2.30. The molecule has 1 atom stereocenters. The van der Waals surface area contributed by atoms with Crippen molar-refractivity contribution in [2.24, 2.45) is 5.41 Å². The molecule has 158 valence electrons. The maximum atomic E-state index is 13.3. The van der Waals surface area contributed by atoms with Crippen molar-refractivity contribution in [2.75, 3.05) is 4.90 Å². The molecule has 0 spiro atoms. The lowest BCUT2D eigenvalue weighted by Crippen LogP contribution is -2.46. The van der Waals surface area contributed by atoms with Crippen molar-refractivity contribution in [3.8, 4) is 0 Å². The molecule has 0 aromatic heterocycles. The number of hydrogen-bond donors (Lipinski definition) is 0. The normalized spacial score (nSPS) is 16.8. The molecule has 30 heavy (non-hydrogen) atoms. The zero-order valence-corrected chi connectivity index (χ0v) is 20.1. The summed E-state index contributed by atoms with van der Waals surface area (Å²) in [6.07, 6.45) is 0.226. The van der Waals surface area contributed by atoms with Gasteiger partial charge in [0, 0.05) is 21.6 Å². The first-order valence-corrected chi connectivity index (χ1v) is 11.2. The monoisotopic (exact) mass is 538 g/mol. The predicted octanol–water partition coefficient (Wildman–Crippen LogP) is 5.04. The number of benzene rings is 2. The van der Waals surface area contributed by atoms with E-state index >= 15 is 0 Å². The first kappa shape index (κ1) is 22.7. The van der Waals surface area contributed by atoms with E-state index in [0.29, 0.717) is 10.7 Å². The standard InChI is InChI=1S/C23H24ClIN2O3/c1-23(2,3)13-21(29)26(14-15-6-4-5-7-18(15)24)19-12-20(28)27(22(19)30)17-10-8-16(25)9-11-17/h4-11,19H,12-14H2,1-3H3. The first-order valence-electron chi connectivity index (χ1n) is 9.72. The van der Waals surface area contributed by atoms with Crippen molar-refractivity contribution < 1.29 is 14.4 Å². The largest absolute Gasteiger partial charge is 0.326 e. The Morgan fingerprint density at radius 3 is 2.37 bits per heavy atom. The second-order valence-electron chi connectivity index (χ2n) is 8.61. The van der Waals surface area contributed by atoms with E-state index < -0.39 is 6.04 Å². The third kappa shape index (κ3) is 5.21. The maximum Gasteiger partial charge on any atom is 0.257 e. The van der Waals surface area contributed by atoms with Gasteiger partial charge in [0.15, 0.2) is 0 Å². The Morgan fingerprint density at radius 2 is 1.77 bits per heavy atom. The van der Waals surface area contributed by atoms with Crippen molar-refractivity contribution in [3.05, 3.63) is 62.7 Å². The molecule has 1 aliphatic rings. The van der Waals surface area contributed by atoms with E-state index in [0.717, 1.165) is 9.13 Å². The Kier molecular flexibility index (Phi) is 6.87. The molecule has 1 saturated heterocycles. The topological polar surface area (TPSA) is 57.7 Å². The molecule has 0 saturated carbocycles. The smallest absolute Gasteiger partial charge is 0.257 e. The summed E-state index contributed by atoms with van der Waals surface area (Å²) in [7, 11) is 0. The average Bonchev–Trinajstić information content (AvgIpc) is 2.94. The summed E-state index contributed by atoms with van der Waals surface area (Å²) in [6, 6.07) is 13.6. The molecule has 0 aliphatic carbocycles. The highest BCUT2D eigenvalue weighted by Gasteiger charge is 2.44. The van der Waals surface area contributed by atoms with Gasteiger partial charge in [0.2, 0.25) is 11.8 Å². The van der Waals surface area contributed by atoms with Crippen LogP contribution in [-0.2, 0) is 20.9 Å². The van der Waals surface area contributed by atoms with Crippen molar-refractivity contribution in [2.45, 2.75) is 46.2 Å². The summed E-state index contributed by atoms with van der Waals surface area (Å²) in [5, 5.41) is 0.525. The quantitative estimate of drug-likeness (QED) is 0.396. The molecule has 2 aromatic rings. The summed E-state index contributed by atoms with van der Waals surface area (Å²) < 4.78 is 1.01. The highest BCUT2D eigenvalue weighted by molar-refractivity contribution is 14.1. The van der Waals surface area contributed by atoms with Crippen LogP contribution in [0.3, 0.4) is 0 Å². The molecule has 0 N–H and O–H groups in total. The number of carbonyl (C=O) groups excluding carboxylic acids is 3. The van der Waals surface area contributed by atoms with Gasteiger partial charge in [-0.25, -0.2) is 4.90 Å². The molecule has 0 bridgehead atoms. The number of halogens is 2. The molecule has 5 nitrogen and oxygen atoms in total. The molecule has 1 fully saturated rings. The van der Waals surface area contributed by atoms with Crippen LogP contribution in [0.15, 0.2) is 48.5 Å². The lowest BCUT2D eigenvalue weighted by atomic mass is 9.91. The van der Waals surface area contributed by atoms with Crippen molar-refractivity contribution >= 4 is 57.6 Å². The van der Waals surface area contributed by atoms with Gasteiger partial charge in [-0.1, -0.05) is 50.6 Å². The molecule has 3 amide bonds. The molecule has 1 unspecified atom stereocenters. The van der Waals surface area contributed by atoms with Crippen LogP contribution in [0.5, 0.6) is 0 Å². The number of anilines is 1. The van der Waals surface area contributed by atoms with Gasteiger partial charge < -0.3 is 4.90 Å². The van der Waals surface area contributed by atoms with Crippen LogP contribution in [0.2, 0.25) is 5.02 Å². The van der Waals surface area contributed by atoms with E-state index in [1.165, 1.54) is 9.80 Å². The Balaban J connectivity index is 1.93. The zero-order valence-electron chi connectivity index (χ0n) is 17.2. The second-order valence-corrected chi connectivity index (χ2v) is 10.3. The van der Waals surface area contributed by atoms with Crippen LogP contribution in [0.25, 0.3) is 0 Å². The van der Waals surface area contributed by atoms with E-state index in [2.05, 4.69) is 22.6 Å². The number of rotatable bonds is 5. The molecule has 1 aliphatic heterocycles. The van der Waals surface area contributed by atoms with Crippen LogP contribution in [0.1, 0.15) is 39.2 Å². The van der Waals surface area contributed by atoms with Crippen LogP contribution in [0, 0.1) is 8.99 Å². The average molecular weight is 539 g/mol. The number of amides is 3. The summed E-state index contributed by atoms with van der Waals surface area (Å²) in [5.74, 6) is -0.854. The van der Waals surface area contributed by atoms with E-state index in [1.807, 2.05) is 51.1 Å². The third-order valence-electron chi connectivity index (χ3n) is 4.88. The summed E-state index contributed by atoms with van der Waals surface area (Å²) >= 11 is 8.48. The van der Waals surface area contributed by atoms with Gasteiger partial charge in [-0.3, -0.25) is 14.4 Å². The fourth-order valence-electron chi connectivity index (χ4n) is 3.46. The van der Waals surface area contributed by atoms with E-state index in [1.54, 1.807) is 18.2 Å². The van der Waals surface area contributed by atoms with Crippen molar-refractivity contribution in [3.63, 3.8) is 0 Å². The van der Waals surface area contributed by atoms with E-state index in [-0.39, 0.29) is 42.5 Å². The molecule has 0 radical (unpaired) electrons. The van der Waals surface area contributed by atoms with E-state index in [9.17, 15) is 14.4 Å². The number of hydrogen-bond acceptors (Lipinski definition) is 3. The van der Waals surface area contributed by atoms with Crippen LogP contribution >= 0.6 is 34.2 Å². The molecule has 3 rings (SSSR count). The molecular weight excluding hydrogens is 515 g/mol. The zero-order chi connectivity index (χ0) is 22.1. The minimum absolute atomic E-state index is 0.0366. The SMILES string of the molecule is CC(C)(C)CC(=O)N(Cc1ccccc1Cl)C1CC(=O)N(c2ccc(I)cc2)C1=O. The fourth-order valence-corrected chi connectivity index (χ4v) is 4.01. The lowest BCUT2D eigenvalue weighted by Gasteiger charge is -2.30. The van der Waals surface area contributed by atoms with Crippen LogP contribution < -0.4 is 4.90 Å². The van der Waals surface area contributed by atoms with Gasteiger partial charge >= 0.3 is 0 Å². The Labute approximate surface area is 195 Å². The summed E-state index contributed by atoms with van der Waals surface area (Å²) in [5.41, 5.74) is 1.01. The van der Waals surface area contributed by atoms with Crippen molar-refractivity contribution in [1.82, 2.24) is 4.90 Å². The van der Waals surface area contributed by atoms with Gasteiger partial charge in [-0.05, 0) is 63.9 Å². The van der Waals surface area contributed by atoms with Gasteiger partial charge in [0.25, 0.3) is 5.91 Å². The molecule has 1 heterocycles. The molecule has 2 aromatic carbocycles. The number of imide groups is 1. The Morgan fingerprint density at radius 1 is 1.13 bits per heavy atom. The number of nitrogens with zero attached hydrogens (tertiary/aromatic N) is 2. The summed E-state index contributed by atoms with van der Waals surface area (Å²) in [4.78, 5) is 41.9. The van der Waals surface area contributed by atoms with Gasteiger partial charge in [0.05, 0.1) is 12.1 Å². The minimum atomic E-state index is -0.845. The third-order valence-corrected chi connectivity index (χ3v) is 5.97.